The first kappa shape index (κ1) is 10.0. The van der Waals surface area contributed by atoms with Gasteiger partial charge in [-0.15, -0.1) is 11.3 Å². The third kappa shape index (κ3) is 2.12. The second kappa shape index (κ2) is 3.58. The summed E-state index contributed by atoms with van der Waals surface area (Å²) in [5.74, 6) is 0. The summed E-state index contributed by atoms with van der Waals surface area (Å²) in [5, 5.41) is -0.872. The highest BCUT2D eigenvalue weighted by molar-refractivity contribution is 7.15. The monoisotopic (exact) mass is 231 g/mol. The van der Waals surface area contributed by atoms with Crippen molar-refractivity contribution < 1.29 is 13.2 Å². The lowest BCUT2D eigenvalue weighted by atomic mass is 10.4. The summed E-state index contributed by atoms with van der Waals surface area (Å²) in [5.41, 5.74) is 0.394. The van der Waals surface area contributed by atoms with Gasteiger partial charge in [-0.1, -0.05) is 0 Å². The number of hydrogen-bond donors (Lipinski definition) is 0. The van der Waals surface area contributed by atoms with Crippen LogP contribution in [0.15, 0.2) is 24.8 Å². The highest BCUT2D eigenvalue weighted by atomic mass is 32.1. The Morgan fingerprint density at radius 1 is 1.07 bits per heavy atom. The van der Waals surface area contributed by atoms with Gasteiger partial charge in [-0.25, -0.2) is 4.98 Å². The Bertz CT molecular complexity index is 452. The first-order chi connectivity index (χ1) is 7.07. The second-order valence-corrected chi connectivity index (χ2v) is 3.65. The van der Waals surface area contributed by atoms with Crippen LogP contribution in [0, 0.1) is 0 Å². The summed E-state index contributed by atoms with van der Waals surface area (Å²) in [6, 6.07) is 0. The lowest BCUT2D eigenvalue weighted by Gasteiger charge is -1.98. The fraction of sp³-hybridized carbons (Fsp3) is 0.125. The number of halogens is 3. The number of thiazole rings is 1. The van der Waals surface area contributed by atoms with Gasteiger partial charge in [0.25, 0.3) is 0 Å². The van der Waals surface area contributed by atoms with Gasteiger partial charge in [0, 0.05) is 18.6 Å². The minimum atomic E-state index is -4.40. The fourth-order valence-electron chi connectivity index (χ4n) is 0.950. The molecule has 2 heterocycles. The molecule has 0 bridgehead atoms. The molecule has 0 saturated heterocycles. The topological polar surface area (TPSA) is 38.7 Å². The van der Waals surface area contributed by atoms with Crippen LogP contribution >= 0.6 is 11.3 Å². The number of aromatic nitrogens is 3. The standard InChI is InChI=1S/C8H4F3N3S/c9-8(10,11)7-14-4-6(15-7)5-3-12-1-2-13-5/h1-4H. The molecule has 3 nitrogen and oxygen atoms in total. The van der Waals surface area contributed by atoms with Gasteiger partial charge in [0.05, 0.1) is 11.1 Å². The van der Waals surface area contributed by atoms with Crippen LogP contribution in [-0.2, 0) is 6.18 Å². The zero-order valence-electron chi connectivity index (χ0n) is 7.19. The van der Waals surface area contributed by atoms with Crippen molar-refractivity contribution in [3.8, 4) is 10.6 Å². The van der Waals surface area contributed by atoms with E-state index >= 15 is 0 Å². The molecule has 2 aromatic heterocycles. The van der Waals surface area contributed by atoms with E-state index in [0.29, 0.717) is 21.9 Å². The Kier molecular flexibility index (Phi) is 2.39. The van der Waals surface area contributed by atoms with E-state index in [0.717, 1.165) is 6.20 Å². The van der Waals surface area contributed by atoms with Crippen LogP contribution < -0.4 is 0 Å². The number of hydrogen-bond acceptors (Lipinski definition) is 4. The van der Waals surface area contributed by atoms with Crippen molar-refractivity contribution in [1.82, 2.24) is 15.0 Å². The van der Waals surface area contributed by atoms with Gasteiger partial charge in [0.2, 0.25) is 0 Å². The van der Waals surface area contributed by atoms with E-state index in [1.807, 2.05) is 0 Å². The Labute approximate surface area is 86.6 Å². The van der Waals surface area contributed by atoms with Crippen molar-refractivity contribution in [2.75, 3.05) is 0 Å². The summed E-state index contributed by atoms with van der Waals surface area (Å²) in [6.07, 6.45) is 1.02. The first-order valence-electron chi connectivity index (χ1n) is 3.87. The highest BCUT2D eigenvalue weighted by Gasteiger charge is 2.34. The van der Waals surface area contributed by atoms with Gasteiger partial charge in [-0.05, 0) is 0 Å². The molecule has 0 amide bonds. The highest BCUT2D eigenvalue weighted by Crippen LogP contribution is 2.35. The number of alkyl halides is 3. The van der Waals surface area contributed by atoms with Crippen LogP contribution in [0.1, 0.15) is 5.01 Å². The molecule has 0 aromatic carbocycles. The van der Waals surface area contributed by atoms with Gasteiger partial charge in [-0.3, -0.25) is 9.97 Å². The summed E-state index contributed by atoms with van der Waals surface area (Å²) in [6.45, 7) is 0. The van der Waals surface area contributed by atoms with Crippen molar-refractivity contribution in [1.29, 1.82) is 0 Å². The van der Waals surface area contributed by atoms with Crippen molar-refractivity contribution >= 4 is 11.3 Å². The van der Waals surface area contributed by atoms with Crippen LogP contribution in [0.3, 0.4) is 0 Å². The second-order valence-electron chi connectivity index (χ2n) is 2.62. The van der Waals surface area contributed by atoms with E-state index < -0.39 is 11.2 Å². The zero-order chi connectivity index (χ0) is 10.9. The van der Waals surface area contributed by atoms with E-state index in [9.17, 15) is 13.2 Å². The van der Waals surface area contributed by atoms with Crippen LogP contribution in [0.5, 0.6) is 0 Å². The van der Waals surface area contributed by atoms with Gasteiger partial charge >= 0.3 is 6.18 Å². The minimum Gasteiger partial charge on any atom is -0.261 e. The lowest BCUT2D eigenvalue weighted by Crippen LogP contribution is -2.02. The summed E-state index contributed by atoms with van der Waals surface area (Å²) in [7, 11) is 0. The molecule has 15 heavy (non-hydrogen) atoms. The molecule has 0 saturated carbocycles. The first-order valence-corrected chi connectivity index (χ1v) is 4.68. The normalized spacial score (nSPS) is 11.7. The average Bonchev–Trinajstić information content (AvgIpc) is 2.67. The maximum Gasteiger partial charge on any atom is 0.443 e. The Balaban J connectivity index is 2.37. The van der Waals surface area contributed by atoms with Crippen LogP contribution in [0.25, 0.3) is 10.6 Å². The van der Waals surface area contributed by atoms with E-state index in [1.54, 1.807) is 0 Å². The average molecular weight is 231 g/mol. The molecule has 0 aliphatic carbocycles. The number of nitrogens with zero attached hydrogens (tertiary/aromatic N) is 3. The van der Waals surface area contributed by atoms with Crippen LogP contribution in [0.2, 0.25) is 0 Å². The molecule has 0 N–H and O–H groups in total. The maximum absolute atomic E-state index is 12.2. The smallest absolute Gasteiger partial charge is 0.261 e. The predicted molar refractivity (Wildman–Crippen MR) is 48.1 cm³/mol. The predicted octanol–water partition coefficient (Wildman–Crippen LogP) is 2.62. The van der Waals surface area contributed by atoms with Gasteiger partial charge in [-0.2, -0.15) is 13.2 Å². The van der Waals surface area contributed by atoms with Gasteiger partial charge in [0.15, 0.2) is 5.01 Å². The Morgan fingerprint density at radius 3 is 2.40 bits per heavy atom. The molecular formula is C8H4F3N3S. The molecular weight excluding hydrogens is 227 g/mol. The van der Waals surface area contributed by atoms with E-state index in [2.05, 4.69) is 15.0 Å². The maximum atomic E-state index is 12.2. The molecule has 0 radical (unpaired) electrons. The lowest BCUT2D eigenvalue weighted by molar-refractivity contribution is -0.137. The third-order valence-electron chi connectivity index (χ3n) is 1.56. The van der Waals surface area contributed by atoms with E-state index in [-0.39, 0.29) is 0 Å². The van der Waals surface area contributed by atoms with Crippen LogP contribution in [0.4, 0.5) is 13.2 Å². The molecule has 0 atom stereocenters. The molecule has 7 heteroatoms. The Morgan fingerprint density at radius 2 is 1.87 bits per heavy atom. The minimum absolute atomic E-state index is 0.357. The Hall–Kier alpha value is -1.50. The number of rotatable bonds is 1. The molecule has 2 rings (SSSR count). The quantitative estimate of drug-likeness (QED) is 0.757. The van der Waals surface area contributed by atoms with Crippen molar-refractivity contribution in [2.24, 2.45) is 0 Å². The molecule has 0 aliphatic rings. The third-order valence-corrected chi connectivity index (χ3v) is 2.63. The molecule has 0 spiro atoms. The summed E-state index contributed by atoms with van der Waals surface area (Å²) >= 11 is 0.554. The van der Waals surface area contributed by atoms with E-state index in [1.165, 1.54) is 18.6 Å². The summed E-state index contributed by atoms with van der Waals surface area (Å²) in [4.78, 5) is 11.3. The fourth-order valence-corrected chi connectivity index (χ4v) is 1.69. The van der Waals surface area contributed by atoms with Crippen molar-refractivity contribution in [3.63, 3.8) is 0 Å². The van der Waals surface area contributed by atoms with Gasteiger partial charge in [0.1, 0.15) is 5.69 Å². The molecule has 0 unspecified atom stereocenters. The molecule has 2 aromatic rings. The van der Waals surface area contributed by atoms with Crippen molar-refractivity contribution in [2.45, 2.75) is 6.18 Å². The SMILES string of the molecule is FC(F)(F)c1ncc(-c2cnccn2)s1. The summed E-state index contributed by atoms with van der Waals surface area (Å²) < 4.78 is 36.7. The zero-order valence-corrected chi connectivity index (χ0v) is 8.01. The largest absolute Gasteiger partial charge is 0.443 e. The van der Waals surface area contributed by atoms with E-state index in [4.69, 9.17) is 0 Å². The van der Waals surface area contributed by atoms with Gasteiger partial charge < -0.3 is 0 Å². The van der Waals surface area contributed by atoms with Crippen molar-refractivity contribution in [3.05, 3.63) is 29.8 Å². The molecule has 0 fully saturated rings. The molecule has 0 aliphatic heterocycles. The van der Waals surface area contributed by atoms with Crippen LogP contribution in [-0.4, -0.2) is 15.0 Å². The molecule has 78 valence electrons.